The number of rotatable bonds is 6. The summed E-state index contributed by atoms with van der Waals surface area (Å²) in [6.45, 7) is 5.45. The number of anilines is 1. The van der Waals surface area contributed by atoms with E-state index in [1.165, 1.54) is 0 Å². The van der Waals surface area contributed by atoms with Gasteiger partial charge in [-0.05, 0) is 31.9 Å². The third kappa shape index (κ3) is 5.36. The molecule has 0 spiro atoms. The lowest BCUT2D eigenvalue weighted by molar-refractivity contribution is -0.0152. The van der Waals surface area contributed by atoms with E-state index in [0.29, 0.717) is 13.2 Å². The van der Waals surface area contributed by atoms with Crippen LogP contribution in [0.1, 0.15) is 19.8 Å². The highest BCUT2D eigenvalue weighted by Gasteiger charge is 2.23. The second-order valence-electron chi connectivity index (χ2n) is 5.05. The number of nitrogens with zero attached hydrogens (tertiary/aromatic N) is 1. The van der Waals surface area contributed by atoms with Gasteiger partial charge in [-0.15, -0.1) is 0 Å². The Morgan fingerprint density at radius 2 is 1.95 bits per heavy atom. The second kappa shape index (κ2) is 8.64. The van der Waals surface area contributed by atoms with Crippen LogP contribution in [0.3, 0.4) is 0 Å². The lowest BCUT2D eigenvalue weighted by Crippen LogP contribution is -2.43. The predicted molar refractivity (Wildman–Crippen MR) is 82.5 cm³/mol. The van der Waals surface area contributed by atoms with Gasteiger partial charge in [-0.1, -0.05) is 18.2 Å². The summed E-state index contributed by atoms with van der Waals surface area (Å²) < 4.78 is 11.0. The minimum absolute atomic E-state index is 0.0334. The first-order valence-corrected chi connectivity index (χ1v) is 7.60. The van der Waals surface area contributed by atoms with E-state index in [0.717, 1.165) is 38.2 Å². The number of carbonyl (C=O) groups is 1. The normalized spacial score (nSPS) is 16.0. The molecule has 1 heterocycles. The second-order valence-corrected chi connectivity index (χ2v) is 5.05. The summed E-state index contributed by atoms with van der Waals surface area (Å²) in [6, 6.07) is 9.50. The molecule has 2 rings (SSSR count). The summed E-state index contributed by atoms with van der Waals surface area (Å²) in [5.74, 6) is 0. The molecule has 1 fully saturated rings. The molecule has 1 aromatic rings. The van der Waals surface area contributed by atoms with Crippen LogP contribution in [-0.4, -0.2) is 49.9 Å². The fourth-order valence-electron chi connectivity index (χ4n) is 2.37. The molecule has 0 atom stereocenters. The van der Waals surface area contributed by atoms with Crippen LogP contribution in [0, 0.1) is 0 Å². The number of nitrogens with one attached hydrogen (secondary N) is 1. The van der Waals surface area contributed by atoms with Crippen LogP contribution in [-0.2, 0) is 9.47 Å². The van der Waals surface area contributed by atoms with Crippen LogP contribution in [0.2, 0.25) is 0 Å². The van der Waals surface area contributed by atoms with Crippen molar-refractivity contribution < 1.29 is 14.3 Å². The van der Waals surface area contributed by atoms with Crippen LogP contribution in [0.25, 0.3) is 0 Å². The Balaban J connectivity index is 1.67. The standard InChI is InChI=1S/C16H24N2O3/c1-2-20-12-13-21-15-8-10-18(11-9-15)16(19)17-14-6-4-3-5-7-14/h3-7,15H,2,8-13H2,1H3,(H,17,19). The van der Waals surface area contributed by atoms with Crippen molar-refractivity contribution in [2.24, 2.45) is 0 Å². The molecule has 1 aromatic carbocycles. The number of piperidine rings is 1. The lowest BCUT2D eigenvalue weighted by atomic mass is 10.1. The van der Waals surface area contributed by atoms with Gasteiger partial charge in [-0.25, -0.2) is 4.79 Å². The number of hydrogen-bond acceptors (Lipinski definition) is 3. The van der Waals surface area contributed by atoms with Crippen molar-refractivity contribution in [3.63, 3.8) is 0 Å². The van der Waals surface area contributed by atoms with Gasteiger partial charge in [0.25, 0.3) is 0 Å². The molecule has 2 amide bonds. The minimum atomic E-state index is -0.0334. The van der Waals surface area contributed by atoms with Gasteiger partial charge in [0.2, 0.25) is 0 Å². The van der Waals surface area contributed by atoms with Crippen LogP contribution >= 0.6 is 0 Å². The molecule has 0 aromatic heterocycles. The zero-order valence-electron chi connectivity index (χ0n) is 12.6. The van der Waals surface area contributed by atoms with Gasteiger partial charge in [0.15, 0.2) is 0 Å². The highest BCUT2D eigenvalue weighted by atomic mass is 16.5. The SMILES string of the molecule is CCOCCOC1CCN(C(=O)Nc2ccccc2)CC1. The summed E-state index contributed by atoms with van der Waals surface area (Å²) in [5.41, 5.74) is 0.831. The molecule has 0 bridgehead atoms. The molecule has 0 saturated carbocycles. The van der Waals surface area contributed by atoms with Gasteiger partial charge in [0.1, 0.15) is 0 Å². The third-order valence-corrected chi connectivity index (χ3v) is 3.54. The fraction of sp³-hybridized carbons (Fsp3) is 0.562. The highest BCUT2D eigenvalue weighted by molar-refractivity contribution is 5.89. The van der Waals surface area contributed by atoms with Gasteiger partial charge in [0.05, 0.1) is 19.3 Å². The largest absolute Gasteiger partial charge is 0.379 e. The average Bonchev–Trinajstić information content (AvgIpc) is 2.53. The Morgan fingerprint density at radius 1 is 1.24 bits per heavy atom. The van der Waals surface area contributed by atoms with Crippen molar-refractivity contribution in [1.29, 1.82) is 0 Å². The predicted octanol–water partition coefficient (Wildman–Crippen LogP) is 2.74. The number of para-hydroxylation sites is 1. The number of hydrogen-bond donors (Lipinski definition) is 1. The van der Waals surface area contributed by atoms with Crippen molar-refractivity contribution in [3.8, 4) is 0 Å². The molecule has 21 heavy (non-hydrogen) atoms. The maximum Gasteiger partial charge on any atom is 0.321 e. The maximum absolute atomic E-state index is 12.1. The van der Waals surface area contributed by atoms with Crippen molar-refractivity contribution in [2.45, 2.75) is 25.9 Å². The summed E-state index contributed by atoms with van der Waals surface area (Å²) >= 11 is 0. The number of urea groups is 1. The van der Waals surface area contributed by atoms with Gasteiger partial charge >= 0.3 is 6.03 Å². The van der Waals surface area contributed by atoms with Crippen LogP contribution < -0.4 is 5.32 Å². The lowest BCUT2D eigenvalue weighted by Gasteiger charge is -2.32. The smallest absolute Gasteiger partial charge is 0.321 e. The molecule has 0 aliphatic carbocycles. The zero-order valence-corrected chi connectivity index (χ0v) is 12.6. The number of ether oxygens (including phenoxy) is 2. The van der Waals surface area contributed by atoms with Gasteiger partial charge in [-0.3, -0.25) is 0 Å². The Labute approximate surface area is 126 Å². The molecule has 5 heteroatoms. The van der Waals surface area contributed by atoms with E-state index in [9.17, 15) is 4.79 Å². The zero-order chi connectivity index (χ0) is 14.9. The third-order valence-electron chi connectivity index (χ3n) is 3.54. The van der Waals surface area contributed by atoms with Gasteiger partial charge < -0.3 is 19.7 Å². The van der Waals surface area contributed by atoms with E-state index in [-0.39, 0.29) is 12.1 Å². The molecular weight excluding hydrogens is 268 g/mol. The summed E-state index contributed by atoms with van der Waals surface area (Å²) in [5, 5.41) is 2.91. The minimum Gasteiger partial charge on any atom is -0.379 e. The van der Waals surface area contributed by atoms with Crippen molar-refractivity contribution in [2.75, 3.05) is 38.2 Å². The van der Waals surface area contributed by atoms with E-state index in [2.05, 4.69) is 5.32 Å². The molecule has 1 N–H and O–H groups in total. The highest BCUT2D eigenvalue weighted by Crippen LogP contribution is 2.15. The van der Waals surface area contributed by atoms with E-state index in [1.807, 2.05) is 42.2 Å². The monoisotopic (exact) mass is 292 g/mol. The van der Waals surface area contributed by atoms with E-state index >= 15 is 0 Å². The van der Waals surface area contributed by atoms with Gasteiger partial charge in [-0.2, -0.15) is 0 Å². The molecule has 1 aliphatic rings. The summed E-state index contributed by atoms with van der Waals surface area (Å²) in [4.78, 5) is 14.0. The Bertz CT molecular complexity index is 417. The molecule has 1 aliphatic heterocycles. The molecule has 1 saturated heterocycles. The quantitative estimate of drug-likeness (QED) is 0.820. The number of likely N-dealkylation sites (tertiary alicyclic amines) is 1. The maximum atomic E-state index is 12.1. The van der Waals surface area contributed by atoms with Crippen LogP contribution in [0.4, 0.5) is 10.5 Å². The Hall–Kier alpha value is -1.59. The number of carbonyl (C=O) groups excluding carboxylic acids is 1. The van der Waals surface area contributed by atoms with Gasteiger partial charge in [0, 0.05) is 25.4 Å². The first-order chi connectivity index (χ1) is 10.3. The fourth-order valence-corrected chi connectivity index (χ4v) is 2.37. The summed E-state index contributed by atoms with van der Waals surface area (Å²) in [6.07, 6.45) is 2.01. The van der Waals surface area contributed by atoms with E-state index in [1.54, 1.807) is 0 Å². The average molecular weight is 292 g/mol. The molecular formula is C16H24N2O3. The Kier molecular flexibility index (Phi) is 6.50. The van der Waals surface area contributed by atoms with Crippen LogP contribution in [0.15, 0.2) is 30.3 Å². The first kappa shape index (κ1) is 15.8. The molecule has 0 unspecified atom stereocenters. The van der Waals surface area contributed by atoms with Crippen molar-refractivity contribution in [3.05, 3.63) is 30.3 Å². The van der Waals surface area contributed by atoms with E-state index in [4.69, 9.17) is 9.47 Å². The van der Waals surface area contributed by atoms with Crippen LogP contribution in [0.5, 0.6) is 0 Å². The number of benzene rings is 1. The first-order valence-electron chi connectivity index (χ1n) is 7.60. The van der Waals surface area contributed by atoms with Crippen molar-refractivity contribution in [1.82, 2.24) is 4.90 Å². The van der Waals surface area contributed by atoms with E-state index < -0.39 is 0 Å². The molecule has 0 radical (unpaired) electrons. The number of amides is 2. The molecule has 116 valence electrons. The van der Waals surface area contributed by atoms with Crippen molar-refractivity contribution >= 4 is 11.7 Å². The summed E-state index contributed by atoms with van der Waals surface area (Å²) in [7, 11) is 0. The Morgan fingerprint density at radius 3 is 2.62 bits per heavy atom. The topological polar surface area (TPSA) is 50.8 Å². The molecule has 5 nitrogen and oxygen atoms in total.